The van der Waals surface area contributed by atoms with Crippen LogP contribution >= 0.6 is 15.9 Å². The first-order chi connectivity index (χ1) is 7.97. The number of imidazole rings is 1. The summed E-state index contributed by atoms with van der Waals surface area (Å²) in [4.78, 5) is 16.5. The summed E-state index contributed by atoms with van der Waals surface area (Å²) >= 11 is 3.42. The molecule has 0 aliphatic carbocycles. The highest BCUT2D eigenvalue weighted by atomic mass is 79.9. The maximum absolute atomic E-state index is 11.2. The molecule has 0 radical (unpaired) electrons. The normalized spacial score (nSPS) is 13.5. The van der Waals surface area contributed by atoms with Gasteiger partial charge >= 0.3 is 5.69 Å². The summed E-state index contributed by atoms with van der Waals surface area (Å²) in [6, 6.07) is 3.62. The van der Waals surface area contributed by atoms with Crippen LogP contribution in [0.4, 0.5) is 0 Å². The van der Waals surface area contributed by atoms with Gasteiger partial charge in [-0.25, -0.2) is 4.79 Å². The summed E-state index contributed by atoms with van der Waals surface area (Å²) in [5.74, 6) is 0.415. The lowest BCUT2D eigenvalue weighted by Gasteiger charge is -2.15. The Labute approximate surface area is 107 Å². The number of aliphatic hydroxyl groups is 1. The average Bonchev–Trinajstić information content (AvgIpc) is 2.54. The molecular weight excluding hydrogens is 284 g/mol. The van der Waals surface area contributed by atoms with E-state index in [2.05, 4.69) is 39.7 Å². The lowest BCUT2D eigenvalue weighted by Crippen LogP contribution is -2.02. The van der Waals surface area contributed by atoms with Gasteiger partial charge in [0.25, 0.3) is 0 Å². The molecule has 1 aromatic carbocycles. The molecule has 1 aromatic heterocycles. The van der Waals surface area contributed by atoms with Crippen LogP contribution in [0, 0.1) is 5.92 Å². The Balaban J connectivity index is 2.46. The van der Waals surface area contributed by atoms with E-state index in [1.165, 1.54) is 0 Å². The predicted octanol–water partition coefficient (Wildman–Crippen LogP) is 2.70. The molecule has 0 saturated carbocycles. The van der Waals surface area contributed by atoms with E-state index in [9.17, 15) is 9.90 Å². The number of aliphatic hydroxyl groups excluding tert-OH is 1. The van der Waals surface area contributed by atoms with E-state index in [0.29, 0.717) is 12.3 Å². The molecule has 0 aliphatic rings. The summed E-state index contributed by atoms with van der Waals surface area (Å²) < 4.78 is 0.813. The molecule has 5 heteroatoms. The van der Waals surface area contributed by atoms with Crippen LogP contribution in [-0.4, -0.2) is 15.1 Å². The molecule has 0 spiro atoms. The van der Waals surface area contributed by atoms with Crippen molar-refractivity contribution < 1.29 is 5.11 Å². The maximum Gasteiger partial charge on any atom is 0.323 e. The van der Waals surface area contributed by atoms with Crippen LogP contribution in [0.3, 0.4) is 0 Å². The quantitative estimate of drug-likeness (QED) is 0.815. The molecule has 1 heterocycles. The van der Waals surface area contributed by atoms with Gasteiger partial charge in [-0.1, -0.05) is 29.8 Å². The van der Waals surface area contributed by atoms with Crippen molar-refractivity contribution in [2.45, 2.75) is 26.4 Å². The van der Waals surface area contributed by atoms with Crippen LogP contribution in [0.1, 0.15) is 31.9 Å². The number of aromatic nitrogens is 2. The van der Waals surface area contributed by atoms with Crippen molar-refractivity contribution in [1.29, 1.82) is 0 Å². The zero-order chi connectivity index (χ0) is 12.6. The predicted molar refractivity (Wildman–Crippen MR) is 71.0 cm³/mol. The molecule has 1 unspecified atom stereocenters. The van der Waals surface area contributed by atoms with Gasteiger partial charge in [-0.15, -0.1) is 0 Å². The first-order valence-electron chi connectivity index (χ1n) is 5.57. The van der Waals surface area contributed by atoms with E-state index in [1.807, 2.05) is 12.1 Å². The largest absolute Gasteiger partial charge is 0.388 e. The number of nitrogens with one attached hydrogen (secondary N) is 2. The highest BCUT2D eigenvalue weighted by Gasteiger charge is 2.14. The molecule has 0 amide bonds. The lowest BCUT2D eigenvalue weighted by atomic mass is 9.99. The fourth-order valence-corrected chi connectivity index (χ4v) is 2.51. The third-order valence-corrected chi connectivity index (χ3v) is 3.37. The molecule has 92 valence electrons. The summed E-state index contributed by atoms with van der Waals surface area (Å²) in [7, 11) is 0. The second-order valence-corrected chi connectivity index (χ2v) is 5.50. The third kappa shape index (κ3) is 2.61. The van der Waals surface area contributed by atoms with Crippen molar-refractivity contribution in [2.24, 2.45) is 5.92 Å². The molecule has 0 fully saturated rings. The molecule has 1 atom stereocenters. The Morgan fingerprint density at radius 2 is 1.88 bits per heavy atom. The minimum atomic E-state index is -0.521. The van der Waals surface area contributed by atoms with Gasteiger partial charge in [0.05, 0.1) is 17.1 Å². The lowest BCUT2D eigenvalue weighted by molar-refractivity contribution is 0.150. The Bertz CT molecular complexity index is 586. The van der Waals surface area contributed by atoms with Crippen LogP contribution < -0.4 is 5.69 Å². The molecule has 2 rings (SSSR count). The van der Waals surface area contributed by atoms with E-state index in [1.54, 1.807) is 0 Å². The zero-order valence-electron chi connectivity index (χ0n) is 9.75. The fourth-order valence-electron chi connectivity index (χ4n) is 1.90. The van der Waals surface area contributed by atoms with Crippen molar-refractivity contribution in [3.63, 3.8) is 0 Å². The number of aromatic amines is 2. The summed E-state index contributed by atoms with van der Waals surface area (Å²) in [6.07, 6.45) is 0.172. The van der Waals surface area contributed by atoms with Crippen LogP contribution in [0.5, 0.6) is 0 Å². The van der Waals surface area contributed by atoms with Crippen LogP contribution in [0.15, 0.2) is 21.4 Å². The van der Waals surface area contributed by atoms with Crippen LogP contribution in [0.25, 0.3) is 11.0 Å². The number of hydrogen-bond donors (Lipinski definition) is 3. The third-order valence-electron chi connectivity index (χ3n) is 2.69. The number of rotatable bonds is 3. The van der Waals surface area contributed by atoms with Crippen molar-refractivity contribution >= 4 is 27.0 Å². The van der Waals surface area contributed by atoms with Gasteiger partial charge < -0.3 is 15.1 Å². The minimum absolute atomic E-state index is 0.234. The minimum Gasteiger partial charge on any atom is -0.388 e. The Morgan fingerprint density at radius 1 is 1.29 bits per heavy atom. The summed E-state index contributed by atoms with van der Waals surface area (Å²) in [5.41, 5.74) is 2.03. The van der Waals surface area contributed by atoms with Gasteiger partial charge in [-0.2, -0.15) is 0 Å². The van der Waals surface area contributed by atoms with Gasteiger partial charge in [0, 0.05) is 4.47 Å². The molecule has 3 N–H and O–H groups in total. The molecule has 0 aliphatic heterocycles. The zero-order valence-corrected chi connectivity index (χ0v) is 11.3. The van der Waals surface area contributed by atoms with Crippen LogP contribution in [0.2, 0.25) is 0 Å². The van der Waals surface area contributed by atoms with Gasteiger partial charge in [-0.05, 0) is 30.0 Å². The first-order valence-corrected chi connectivity index (χ1v) is 6.36. The summed E-state index contributed by atoms with van der Waals surface area (Å²) in [5, 5.41) is 10.1. The number of benzene rings is 1. The number of fused-ring (bicyclic) bond motifs is 1. The van der Waals surface area contributed by atoms with E-state index in [-0.39, 0.29) is 5.69 Å². The molecule has 0 bridgehead atoms. The highest BCUT2D eigenvalue weighted by Crippen LogP contribution is 2.30. The molecule has 4 nitrogen and oxygen atoms in total. The van der Waals surface area contributed by atoms with E-state index < -0.39 is 6.10 Å². The van der Waals surface area contributed by atoms with Crippen molar-refractivity contribution in [3.8, 4) is 0 Å². The van der Waals surface area contributed by atoms with Crippen molar-refractivity contribution in [3.05, 3.63) is 32.7 Å². The van der Waals surface area contributed by atoms with Crippen LogP contribution in [-0.2, 0) is 0 Å². The van der Waals surface area contributed by atoms with Gasteiger partial charge in [0.15, 0.2) is 0 Å². The van der Waals surface area contributed by atoms with E-state index in [4.69, 9.17) is 0 Å². The SMILES string of the molecule is CC(C)CC(O)c1cc2[nH]c(=O)[nH]c2cc1Br. The molecular formula is C12H15BrN2O2. The summed E-state index contributed by atoms with van der Waals surface area (Å²) in [6.45, 7) is 4.13. The number of hydrogen-bond acceptors (Lipinski definition) is 2. The Hall–Kier alpha value is -1.07. The van der Waals surface area contributed by atoms with Crippen molar-refractivity contribution in [1.82, 2.24) is 9.97 Å². The molecule has 2 aromatic rings. The van der Waals surface area contributed by atoms with Gasteiger partial charge in [-0.3, -0.25) is 0 Å². The topological polar surface area (TPSA) is 68.9 Å². The number of halogens is 1. The number of H-pyrrole nitrogens is 2. The Kier molecular flexibility index (Phi) is 3.40. The van der Waals surface area contributed by atoms with Crippen molar-refractivity contribution in [2.75, 3.05) is 0 Å². The average molecular weight is 299 g/mol. The maximum atomic E-state index is 11.2. The second kappa shape index (κ2) is 4.66. The highest BCUT2D eigenvalue weighted by molar-refractivity contribution is 9.10. The van der Waals surface area contributed by atoms with Gasteiger partial charge in [0.1, 0.15) is 0 Å². The first kappa shape index (κ1) is 12.4. The standard InChI is InChI=1S/C12H15BrN2O2/c1-6(2)3-11(16)7-4-9-10(5-8(7)13)15-12(17)14-9/h4-6,11,16H,3H2,1-2H3,(H2,14,15,17). The monoisotopic (exact) mass is 298 g/mol. The second-order valence-electron chi connectivity index (χ2n) is 4.64. The Morgan fingerprint density at radius 3 is 2.47 bits per heavy atom. The molecule has 0 saturated heterocycles. The fraction of sp³-hybridized carbons (Fsp3) is 0.417. The smallest absolute Gasteiger partial charge is 0.323 e. The van der Waals surface area contributed by atoms with E-state index >= 15 is 0 Å². The molecule has 17 heavy (non-hydrogen) atoms. The van der Waals surface area contributed by atoms with Gasteiger partial charge in [0.2, 0.25) is 0 Å². The van der Waals surface area contributed by atoms with E-state index in [0.717, 1.165) is 21.1 Å².